The monoisotopic (exact) mass is 140 g/mol. The lowest BCUT2D eigenvalue weighted by molar-refractivity contribution is -0.243. The molecular formula is C6H6NOS-. The molecule has 48 valence electrons. The van der Waals surface area contributed by atoms with Gasteiger partial charge >= 0.3 is 0 Å². The molecule has 0 saturated heterocycles. The highest BCUT2D eigenvalue weighted by Gasteiger charge is 1.87. The molecule has 0 bridgehead atoms. The van der Waals surface area contributed by atoms with E-state index in [-0.39, 0.29) is 5.76 Å². The maximum atomic E-state index is 10.8. The second-order valence-corrected chi connectivity index (χ2v) is 2.40. The van der Waals surface area contributed by atoms with Gasteiger partial charge in [0.05, 0.1) is 5.51 Å². The second-order valence-electron chi connectivity index (χ2n) is 1.52. The number of rotatable bonds is 1. The Morgan fingerprint density at radius 3 is 3.11 bits per heavy atom. The molecule has 0 radical (unpaired) electrons. The molecule has 9 heavy (non-hydrogen) atoms. The van der Waals surface area contributed by atoms with Crippen LogP contribution in [0, 0.1) is 0 Å². The molecule has 0 N–H and O–H groups in total. The van der Waals surface area contributed by atoms with Crippen molar-refractivity contribution in [2.45, 2.75) is 6.92 Å². The maximum absolute atomic E-state index is 10.8. The zero-order chi connectivity index (χ0) is 6.69. The van der Waals surface area contributed by atoms with Gasteiger partial charge in [-0.05, 0) is 6.92 Å². The Balaban J connectivity index is 2.90. The summed E-state index contributed by atoms with van der Waals surface area (Å²) in [5, 5.41) is 10.8. The van der Waals surface area contributed by atoms with Crippen molar-refractivity contribution in [1.82, 2.24) is 4.98 Å². The van der Waals surface area contributed by atoms with Crippen LogP contribution in [-0.2, 0) is 0 Å². The minimum Gasteiger partial charge on any atom is -0.872 e. The van der Waals surface area contributed by atoms with Crippen LogP contribution in [0.5, 0.6) is 0 Å². The number of hydrogen-bond acceptors (Lipinski definition) is 3. The Hall–Kier alpha value is -0.830. The molecule has 1 heterocycles. The number of allylic oxidation sites excluding steroid dienone is 1. The number of nitrogens with zero attached hydrogens (tertiary/aromatic N) is 1. The van der Waals surface area contributed by atoms with E-state index in [1.807, 2.05) is 0 Å². The molecule has 0 aromatic carbocycles. The van der Waals surface area contributed by atoms with Gasteiger partial charge in [0.2, 0.25) is 0 Å². The van der Waals surface area contributed by atoms with Gasteiger partial charge in [-0.15, -0.1) is 11.3 Å². The summed E-state index contributed by atoms with van der Waals surface area (Å²) in [5.41, 5.74) is 1.65. The van der Waals surface area contributed by atoms with Crippen LogP contribution in [0.2, 0.25) is 0 Å². The molecule has 1 rings (SSSR count). The van der Waals surface area contributed by atoms with Crippen LogP contribution in [0.15, 0.2) is 17.8 Å². The summed E-state index contributed by atoms with van der Waals surface area (Å²) in [7, 11) is 0. The van der Waals surface area contributed by atoms with Crippen LogP contribution >= 0.6 is 11.3 Å². The van der Waals surface area contributed by atoms with Gasteiger partial charge in [0, 0.05) is 11.1 Å². The van der Waals surface area contributed by atoms with E-state index in [1.54, 1.807) is 18.6 Å². The van der Waals surface area contributed by atoms with E-state index in [1.165, 1.54) is 17.4 Å². The van der Waals surface area contributed by atoms with E-state index < -0.39 is 0 Å². The van der Waals surface area contributed by atoms with E-state index in [4.69, 9.17) is 0 Å². The highest BCUT2D eigenvalue weighted by atomic mass is 32.1. The molecule has 0 amide bonds. The van der Waals surface area contributed by atoms with Crippen LogP contribution in [0.4, 0.5) is 0 Å². The van der Waals surface area contributed by atoms with Gasteiger partial charge in [-0.25, -0.2) is 0 Å². The highest BCUT2D eigenvalue weighted by molar-refractivity contribution is 7.10. The molecule has 0 aliphatic heterocycles. The number of aromatic nitrogens is 1. The fraction of sp³-hybridized carbons (Fsp3) is 0.167. The summed E-state index contributed by atoms with van der Waals surface area (Å²) in [6.07, 6.45) is 3.11. The summed E-state index contributed by atoms with van der Waals surface area (Å²) >= 11 is 1.36. The molecule has 0 saturated carbocycles. The summed E-state index contributed by atoms with van der Waals surface area (Å²) in [4.78, 5) is 4.47. The van der Waals surface area contributed by atoms with Gasteiger partial charge in [-0.3, -0.25) is 4.98 Å². The van der Waals surface area contributed by atoms with Crippen molar-refractivity contribution in [2.24, 2.45) is 0 Å². The van der Waals surface area contributed by atoms with Gasteiger partial charge in [0.25, 0.3) is 0 Å². The van der Waals surface area contributed by atoms with E-state index in [0.717, 1.165) is 0 Å². The lowest BCUT2D eigenvalue weighted by atomic mass is 10.4. The third-order valence-corrected chi connectivity index (χ3v) is 1.73. The van der Waals surface area contributed by atoms with Crippen molar-refractivity contribution >= 4 is 17.1 Å². The Kier molecular flexibility index (Phi) is 1.85. The van der Waals surface area contributed by atoms with Gasteiger partial charge < -0.3 is 5.11 Å². The predicted molar refractivity (Wildman–Crippen MR) is 35.8 cm³/mol. The smallest absolute Gasteiger partial charge is 0.0797 e. The van der Waals surface area contributed by atoms with E-state index >= 15 is 0 Å². The SMILES string of the molecule is C/C=C(/[O-])c1cncs1. The molecule has 1 aromatic rings. The van der Waals surface area contributed by atoms with Crippen LogP contribution in [0.1, 0.15) is 11.8 Å². The second kappa shape index (κ2) is 2.64. The van der Waals surface area contributed by atoms with Crippen molar-refractivity contribution in [3.05, 3.63) is 22.7 Å². The van der Waals surface area contributed by atoms with Gasteiger partial charge in [0.15, 0.2) is 0 Å². The quantitative estimate of drug-likeness (QED) is 0.542. The maximum Gasteiger partial charge on any atom is 0.0797 e. The molecule has 0 atom stereocenters. The fourth-order valence-corrected chi connectivity index (χ4v) is 1.07. The Labute approximate surface area is 57.5 Å². The number of thiazole rings is 1. The Bertz CT molecular complexity index is 203. The molecule has 2 nitrogen and oxygen atoms in total. The lowest BCUT2D eigenvalue weighted by Gasteiger charge is -2.04. The van der Waals surface area contributed by atoms with Crippen molar-refractivity contribution < 1.29 is 5.11 Å². The Morgan fingerprint density at radius 2 is 2.67 bits per heavy atom. The first-order valence-electron chi connectivity index (χ1n) is 2.57. The van der Waals surface area contributed by atoms with Crippen molar-refractivity contribution in [3.8, 4) is 0 Å². The van der Waals surface area contributed by atoms with Crippen molar-refractivity contribution in [3.63, 3.8) is 0 Å². The minimum absolute atomic E-state index is 0.0532. The number of hydrogen-bond donors (Lipinski definition) is 0. The fourth-order valence-electron chi connectivity index (χ4n) is 0.480. The van der Waals surface area contributed by atoms with Crippen LogP contribution in [0.25, 0.3) is 5.76 Å². The third kappa shape index (κ3) is 1.29. The summed E-state index contributed by atoms with van der Waals surface area (Å²) in [6, 6.07) is 0. The summed E-state index contributed by atoms with van der Waals surface area (Å²) in [5.74, 6) is 0.0532. The first-order valence-corrected chi connectivity index (χ1v) is 3.44. The largest absolute Gasteiger partial charge is 0.872 e. The third-order valence-electron chi connectivity index (χ3n) is 0.937. The average Bonchev–Trinajstić information content (AvgIpc) is 2.37. The van der Waals surface area contributed by atoms with Crippen molar-refractivity contribution in [2.75, 3.05) is 0 Å². The van der Waals surface area contributed by atoms with E-state index in [0.29, 0.717) is 4.88 Å². The molecule has 0 aliphatic carbocycles. The van der Waals surface area contributed by atoms with Gasteiger partial charge in [0.1, 0.15) is 0 Å². The lowest BCUT2D eigenvalue weighted by Crippen LogP contribution is -1.98. The minimum atomic E-state index is 0.0532. The zero-order valence-corrected chi connectivity index (χ0v) is 5.81. The normalized spacial score (nSPS) is 11.9. The zero-order valence-electron chi connectivity index (χ0n) is 5.00. The molecule has 0 aliphatic rings. The molecule has 3 heteroatoms. The molecule has 0 spiro atoms. The van der Waals surface area contributed by atoms with Crippen molar-refractivity contribution in [1.29, 1.82) is 0 Å². The Morgan fingerprint density at radius 1 is 1.89 bits per heavy atom. The predicted octanol–water partition coefficient (Wildman–Crippen LogP) is 0.864. The van der Waals surface area contributed by atoms with Crippen LogP contribution in [-0.4, -0.2) is 4.98 Å². The standard InChI is InChI=1S/C6H7NOS/c1-2-5(8)6-3-7-4-9-6/h2-4,8H,1H3/p-1/b5-2+. The van der Waals surface area contributed by atoms with E-state index in [2.05, 4.69) is 4.98 Å². The molecule has 1 aromatic heterocycles. The van der Waals surface area contributed by atoms with Crippen LogP contribution < -0.4 is 5.11 Å². The first kappa shape index (κ1) is 6.29. The molecule has 0 fully saturated rings. The molecule has 0 unspecified atom stereocenters. The van der Waals surface area contributed by atoms with Gasteiger partial charge in [-0.1, -0.05) is 11.8 Å². The van der Waals surface area contributed by atoms with Crippen LogP contribution in [0.3, 0.4) is 0 Å². The highest BCUT2D eigenvalue weighted by Crippen LogP contribution is 2.11. The topological polar surface area (TPSA) is 36.0 Å². The van der Waals surface area contributed by atoms with Gasteiger partial charge in [-0.2, -0.15) is 0 Å². The first-order chi connectivity index (χ1) is 4.34. The molecular weight excluding hydrogens is 134 g/mol. The average molecular weight is 140 g/mol. The summed E-state index contributed by atoms with van der Waals surface area (Å²) in [6.45, 7) is 1.72. The van der Waals surface area contributed by atoms with E-state index in [9.17, 15) is 5.11 Å². The summed E-state index contributed by atoms with van der Waals surface area (Å²) < 4.78 is 0.